The van der Waals surface area contributed by atoms with Crippen molar-refractivity contribution in [1.29, 1.82) is 0 Å². The van der Waals surface area contributed by atoms with Gasteiger partial charge in [0.1, 0.15) is 5.75 Å². The minimum atomic E-state index is -0.942. The van der Waals surface area contributed by atoms with Crippen LogP contribution < -0.4 is 5.32 Å². The second-order valence-electron chi connectivity index (χ2n) is 3.18. The molecule has 0 radical (unpaired) electrons. The summed E-state index contributed by atoms with van der Waals surface area (Å²) in [4.78, 5) is 22.2. The van der Waals surface area contributed by atoms with Crippen molar-refractivity contribution < 1.29 is 19.4 Å². The van der Waals surface area contributed by atoms with E-state index >= 15 is 0 Å². The standard InChI is InChI=1S/C11H13NO4/c1-3-16-11(15)10(14)12-8-5-4-7(2)9(13)6-8/h4-6,13H,3H2,1-2H3,(H,12,14). The number of aryl methyl sites for hydroxylation is 1. The fourth-order valence-corrected chi connectivity index (χ4v) is 1.07. The number of esters is 1. The van der Waals surface area contributed by atoms with E-state index in [1.54, 1.807) is 26.0 Å². The van der Waals surface area contributed by atoms with E-state index in [1.165, 1.54) is 6.07 Å². The van der Waals surface area contributed by atoms with Crippen LogP contribution in [0.2, 0.25) is 0 Å². The Balaban J connectivity index is 2.70. The number of phenols is 1. The molecular formula is C11H13NO4. The molecule has 0 aliphatic rings. The van der Waals surface area contributed by atoms with Gasteiger partial charge in [-0.2, -0.15) is 0 Å². The molecular weight excluding hydrogens is 210 g/mol. The number of aromatic hydroxyl groups is 1. The van der Waals surface area contributed by atoms with Gasteiger partial charge in [-0.25, -0.2) is 4.79 Å². The quantitative estimate of drug-likeness (QED) is 0.583. The van der Waals surface area contributed by atoms with Crippen LogP contribution in [0.5, 0.6) is 5.75 Å². The zero-order valence-corrected chi connectivity index (χ0v) is 9.11. The van der Waals surface area contributed by atoms with E-state index in [2.05, 4.69) is 10.1 Å². The molecule has 0 aromatic heterocycles. The summed E-state index contributed by atoms with van der Waals surface area (Å²) < 4.78 is 4.52. The molecule has 0 atom stereocenters. The SMILES string of the molecule is CCOC(=O)C(=O)Nc1ccc(C)c(O)c1. The molecule has 0 spiro atoms. The highest BCUT2D eigenvalue weighted by molar-refractivity contribution is 6.37. The molecule has 0 heterocycles. The van der Waals surface area contributed by atoms with E-state index in [1.807, 2.05) is 0 Å². The van der Waals surface area contributed by atoms with E-state index in [9.17, 15) is 14.7 Å². The molecule has 5 heteroatoms. The Morgan fingerprint density at radius 1 is 1.44 bits per heavy atom. The van der Waals surface area contributed by atoms with Gasteiger partial charge in [0, 0.05) is 11.8 Å². The average molecular weight is 223 g/mol. The zero-order chi connectivity index (χ0) is 12.1. The highest BCUT2D eigenvalue weighted by Crippen LogP contribution is 2.20. The molecule has 1 amide bonds. The topological polar surface area (TPSA) is 75.6 Å². The smallest absolute Gasteiger partial charge is 0.397 e. The molecule has 0 fully saturated rings. The van der Waals surface area contributed by atoms with Crippen molar-refractivity contribution in [2.75, 3.05) is 11.9 Å². The van der Waals surface area contributed by atoms with Crippen LogP contribution >= 0.6 is 0 Å². The van der Waals surface area contributed by atoms with Crippen LogP contribution in [-0.4, -0.2) is 23.6 Å². The molecule has 1 aromatic carbocycles. The summed E-state index contributed by atoms with van der Waals surface area (Å²) in [5.74, 6) is -1.74. The Bertz CT molecular complexity index is 414. The molecule has 0 saturated carbocycles. The van der Waals surface area contributed by atoms with Crippen LogP contribution in [0.3, 0.4) is 0 Å². The summed E-state index contributed by atoms with van der Waals surface area (Å²) in [6.07, 6.45) is 0. The Labute approximate surface area is 93.0 Å². The Morgan fingerprint density at radius 2 is 2.12 bits per heavy atom. The van der Waals surface area contributed by atoms with E-state index in [4.69, 9.17) is 0 Å². The summed E-state index contributed by atoms with van der Waals surface area (Å²) in [6.45, 7) is 3.49. The van der Waals surface area contributed by atoms with Gasteiger partial charge in [-0.1, -0.05) is 6.07 Å². The first kappa shape index (κ1) is 12.0. The molecule has 0 saturated heterocycles. The van der Waals surface area contributed by atoms with Crippen LogP contribution in [-0.2, 0) is 14.3 Å². The van der Waals surface area contributed by atoms with E-state index in [-0.39, 0.29) is 12.4 Å². The maximum atomic E-state index is 11.2. The van der Waals surface area contributed by atoms with Crippen molar-refractivity contribution in [1.82, 2.24) is 0 Å². The zero-order valence-electron chi connectivity index (χ0n) is 9.11. The molecule has 0 unspecified atom stereocenters. The number of rotatable bonds is 2. The fourth-order valence-electron chi connectivity index (χ4n) is 1.07. The van der Waals surface area contributed by atoms with Gasteiger partial charge in [0.2, 0.25) is 0 Å². The summed E-state index contributed by atoms with van der Waals surface area (Å²) in [5, 5.41) is 11.7. The molecule has 5 nitrogen and oxygen atoms in total. The number of nitrogens with one attached hydrogen (secondary N) is 1. The predicted octanol–water partition coefficient (Wildman–Crippen LogP) is 1.20. The van der Waals surface area contributed by atoms with Crippen molar-refractivity contribution in [3.8, 4) is 5.75 Å². The third-order valence-corrected chi connectivity index (χ3v) is 1.93. The van der Waals surface area contributed by atoms with Gasteiger partial charge in [0.25, 0.3) is 0 Å². The molecule has 16 heavy (non-hydrogen) atoms. The Morgan fingerprint density at radius 3 is 2.69 bits per heavy atom. The molecule has 2 N–H and O–H groups in total. The summed E-state index contributed by atoms with van der Waals surface area (Å²) in [6, 6.07) is 4.59. The van der Waals surface area contributed by atoms with Crippen molar-refractivity contribution in [3.63, 3.8) is 0 Å². The number of hydrogen-bond acceptors (Lipinski definition) is 4. The first-order valence-electron chi connectivity index (χ1n) is 4.82. The number of anilines is 1. The minimum Gasteiger partial charge on any atom is -0.508 e. The fraction of sp³-hybridized carbons (Fsp3) is 0.273. The molecule has 0 aliphatic carbocycles. The maximum Gasteiger partial charge on any atom is 0.397 e. The highest BCUT2D eigenvalue weighted by Gasteiger charge is 2.14. The largest absolute Gasteiger partial charge is 0.508 e. The first-order chi connectivity index (χ1) is 7.54. The van der Waals surface area contributed by atoms with Gasteiger partial charge in [-0.15, -0.1) is 0 Å². The number of benzene rings is 1. The maximum absolute atomic E-state index is 11.2. The van der Waals surface area contributed by atoms with Gasteiger partial charge in [0.15, 0.2) is 0 Å². The number of hydrogen-bond donors (Lipinski definition) is 2. The molecule has 1 aromatic rings. The van der Waals surface area contributed by atoms with Gasteiger partial charge in [0.05, 0.1) is 6.61 Å². The van der Waals surface area contributed by atoms with Gasteiger partial charge in [-0.3, -0.25) is 4.79 Å². The third-order valence-electron chi connectivity index (χ3n) is 1.93. The van der Waals surface area contributed by atoms with Crippen LogP contribution in [0, 0.1) is 6.92 Å². The summed E-state index contributed by atoms with van der Waals surface area (Å²) in [5.41, 5.74) is 1.04. The van der Waals surface area contributed by atoms with E-state index < -0.39 is 11.9 Å². The van der Waals surface area contributed by atoms with Gasteiger partial charge < -0.3 is 15.2 Å². The van der Waals surface area contributed by atoms with Crippen LogP contribution in [0.4, 0.5) is 5.69 Å². The molecule has 0 aliphatic heterocycles. The van der Waals surface area contributed by atoms with Crippen molar-refractivity contribution in [3.05, 3.63) is 23.8 Å². The highest BCUT2D eigenvalue weighted by atomic mass is 16.5. The average Bonchev–Trinajstić information content (AvgIpc) is 2.24. The summed E-state index contributed by atoms with van der Waals surface area (Å²) >= 11 is 0. The monoisotopic (exact) mass is 223 g/mol. The Kier molecular flexibility index (Phi) is 3.88. The lowest BCUT2D eigenvalue weighted by Crippen LogP contribution is -2.24. The lowest BCUT2D eigenvalue weighted by Gasteiger charge is -2.06. The van der Waals surface area contributed by atoms with Crippen molar-refractivity contribution in [2.45, 2.75) is 13.8 Å². The predicted molar refractivity (Wildman–Crippen MR) is 58.1 cm³/mol. The Hall–Kier alpha value is -2.04. The number of amides is 1. The molecule has 0 bridgehead atoms. The van der Waals surface area contributed by atoms with Gasteiger partial charge >= 0.3 is 11.9 Å². The number of ether oxygens (including phenoxy) is 1. The number of carbonyl (C=O) groups is 2. The van der Waals surface area contributed by atoms with Crippen molar-refractivity contribution >= 4 is 17.6 Å². The second-order valence-corrected chi connectivity index (χ2v) is 3.18. The third kappa shape index (κ3) is 2.98. The number of carbonyl (C=O) groups excluding carboxylic acids is 2. The van der Waals surface area contributed by atoms with E-state index in [0.29, 0.717) is 11.3 Å². The second kappa shape index (κ2) is 5.16. The lowest BCUT2D eigenvalue weighted by molar-refractivity contribution is -0.152. The normalized spacial score (nSPS) is 9.62. The van der Waals surface area contributed by atoms with Crippen molar-refractivity contribution in [2.24, 2.45) is 0 Å². The van der Waals surface area contributed by atoms with Crippen LogP contribution in [0.25, 0.3) is 0 Å². The van der Waals surface area contributed by atoms with E-state index in [0.717, 1.165) is 0 Å². The first-order valence-corrected chi connectivity index (χ1v) is 4.82. The molecule has 1 rings (SSSR count). The van der Waals surface area contributed by atoms with Gasteiger partial charge in [-0.05, 0) is 25.5 Å². The number of phenolic OH excluding ortho intramolecular Hbond substituents is 1. The minimum absolute atomic E-state index is 0.0571. The van der Waals surface area contributed by atoms with Crippen LogP contribution in [0.15, 0.2) is 18.2 Å². The summed E-state index contributed by atoms with van der Waals surface area (Å²) in [7, 11) is 0. The lowest BCUT2D eigenvalue weighted by atomic mass is 10.2. The van der Waals surface area contributed by atoms with Crippen LogP contribution in [0.1, 0.15) is 12.5 Å². The molecule has 86 valence electrons.